The summed E-state index contributed by atoms with van der Waals surface area (Å²) < 4.78 is 27.4. The van der Waals surface area contributed by atoms with E-state index in [1.165, 1.54) is 16.8 Å². The molecule has 1 atom stereocenters. The van der Waals surface area contributed by atoms with Crippen LogP contribution >= 0.6 is 15.9 Å². The Morgan fingerprint density at radius 1 is 1.38 bits per heavy atom. The van der Waals surface area contributed by atoms with Crippen LogP contribution in [-0.2, 0) is 0 Å². The minimum absolute atomic E-state index is 0.0322. The van der Waals surface area contributed by atoms with Crippen molar-refractivity contribution in [1.29, 1.82) is 0 Å². The number of benzene rings is 1. The SMILES string of the molecule is CC(Br)c1cn(-c2ccc(F)cc2F)nn1. The quantitative estimate of drug-likeness (QED) is 0.795. The lowest BCUT2D eigenvalue weighted by Crippen LogP contribution is -1.98. The largest absolute Gasteiger partial charge is 0.217 e. The zero-order valence-electron chi connectivity index (χ0n) is 8.36. The average Bonchev–Trinajstić information content (AvgIpc) is 2.66. The smallest absolute Gasteiger partial charge is 0.151 e. The molecule has 3 nitrogen and oxygen atoms in total. The fraction of sp³-hybridized carbons (Fsp3) is 0.200. The van der Waals surface area contributed by atoms with E-state index < -0.39 is 11.6 Å². The minimum Gasteiger partial charge on any atom is -0.217 e. The monoisotopic (exact) mass is 287 g/mol. The molecule has 0 aliphatic heterocycles. The van der Waals surface area contributed by atoms with E-state index in [1.807, 2.05) is 6.92 Å². The average molecular weight is 288 g/mol. The first kappa shape index (κ1) is 11.2. The van der Waals surface area contributed by atoms with Crippen molar-refractivity contribution in [2.45, 2.75) is 11.8 Å². The summed E-state index contributed by atoms with van der Waals surface area (Å²) in [4.78, 5) is 0.0322. The molecule has 1 aromatic heterocycles. The molecule has 0 N–H and O–H groups in total. The Bertz CT molecular complexity index is 511. The molecule has 0 radical (unpaired) electrons. The summed E-state index contributed by atoms with van der Waals surface area (Å²) in [6, 6.07) is 3.31. The van der Waals surface area contributed by atoms with Crippen LogP contribution in [0.5, 0.6) is 0 Å². The summed E-state index contributed by atoms with van der Waals surface area (Å²) in [6.07, 6.45) is 1.59. The van der Waals surface area contributed by atoms with Gasteiger partial charge in [0.05, 0.1) is 16.7 Å². The van der Waals surface area contributed by atoms with Crippen molar-refractivity contribution < 1.29 is 8.78 Å². The summed E-state index contributed by atoms with van der Waals surface area (Å²) in [5.74, 6) is -1.28. The van der Waals surface area contributed by atoms with Crippen LogP contribution in [0, 0.1) is 11.6 Å². The Kier molecular flexibility index (Phi) is 3.00. The summed E-state index contributed by atoms with van der Waals surface area (Å²) in [7, 11) is 0. The van der Waals surface area contributed by atoms with Gasteiger partial charge < -0.3 is 0 Å². The Labute approximate surface area is 99.2 Å². The topological polar surface area (TPSA) is 30.7 Å². The first-order chi connectivity index (χ1) is 7.58. The van der Waals surface area contributed by atoms with Crippen LogP contribution in [0.25, 0.3) is 5.69 Å². The van der Waals surface area contributed by atoms with Crippen LogP contribution in [0.3, 0.4) is 0 Å². The van der Waals surface area contributed by atoms with Gasteiger partial charge in [0, 0.05) is 6.07 Å². The predicted molar refractivity (Wildman–Crippen MR) is 58.6 cm³/mol. The first-order valence-electron chi connectivity index (χ1n) is 4.59. The molecule has 0 aliphatic rings. The van der Waals surface area contributed by atoms with Crippen molar-refractivity contribution in [2.24, 2.45) is 0 Å². The van der Waals surface area contributed by atoms with Gasteiger partial charge in [0.2, 0.25) is 0 Å². The zero-order chi connectivity index (χ0) is 11.7. The first-order valence-corrected chi connectivity index (χ1v) is 5.51. The van der Waals surface area contributed by atoms with Crippen molar-refractivity contribution >= 4 is 15.9 Å². The molecule has 0 aliphatic carbocycles. The maximum atomic E-state index is 13.4. The number of nitrogens with zero attached hydrogens (tertiary/aromatic N) is 3. The molecule has 0 saturated carbocycles. The maximum absolute atomic E-state index is 13.4. The van der Waals surface area contributed by atoms with Crippen LogP contribution < -0.4 is 0 Å². The summed E-state index contributed by atoms with van der Waals surface area (Å²) in [5, 5.41) is 7.63. The molecular weight excluding hydrogens is 280 g/mol. The molecule has 16 heavy (non-hydrogen) atoms. The highest BCUT2D eigenvalue weighted by molar-refractivity contribution is 9.09. The molecule has 84 valence electrons. The van der Waals surface area contributed by atoms with Gasteiger partial charge in [-0.1, -0.05) is 21.1 Å². The summed E-state index contributed by atoms with van der Waals surface area (Å²) in [6.45, 7) is 1.88. The van der Waals surface area contributed by atoms with Gasteiger partial charge in [0.15, 0.2) is 5.82 Å². The van der Waals surface area contributed by atoms with Crippen LogP contribution in [-0.4, -0.2) is 15.0 Å². The fourth-order valence-electron chi connectivity index (χ4n) is 1.24. The van der Waals surface area contributed by atoms with Gasteiger partial charge in [-0.15, -0.1) is 5.10 Å². The zero-order valence-corrected chi connectivity index (χ0v) is 9.95. The van der Waals surface area contributed by atoms with Crippen molar-refractivity contribution in [3.63, 3.8) is 0 Å². The molecule has 0 saturated heterocycles. The van der Waals surface area contributed by atoms with Gasteiger partial charge in [0.1, 0.15) is 11.5 Å². The highest BCUT2D eigenvalue weighted by Crippen LogP contribution is 2.20. The molecule has 1 unspecified atom stereocenters. The van der Waals surface area contributed by atoms with E-state index in [2.05, 4.69) is 26.2 Å². The lowest BCUT2D eigenvalue weighted by atomic mass is 10.3. The maximum Gasteiger partial charge on any atom is 0.151 e. The molecule has 1 aromatic carbocycles. The third-order valence-corrected chi connectivity index (χ3v) is 2.54. The second-order valence-corrected chi connectivity index (χ2v) is 4.67. The van der Waals surface area contributed by atoms with Gasteiger partial charge in [0.25, 0.3) is 0 Å². The van der Waals surface area contributed by atoms with E-state index in [0.29, 0.717) is 5.69 Å². The minimum atomic E-state index is -0.668. The fourth-order valence-corrected chi connectivity index (χ4v) is 1.45. The van der Waals surface area contributed by atoms with Gasteiger partial charge in [-0.2, -0.15) is 0 Å². The van der Waals surface area contributed by atoms with E-state index >= 15 is 0 Å². The highest BCUT2D eigenvalue weighted by atomic mass is 79.9. The Hall–Kier alpha value is -1.30. The second kappa shape index (κ2) is 4.29. The van der Waals surface area contributed by atoms with Crippen molar-refractivity contribution in [3.05, 3.63) is 41.7 Å². The molecule has 0 spiro atoms. The predicted octanol–water partition coefficient (Wildman–Crippen LogP) is 3.00. The second-order valence-electron chi connectivity index (χ2n) is 3.30. The van der Waals surface area contributed by atoms with Crippen molar-refractivity contribution in [2.75, 3.05) is 0 Å². The van der Waals surface area contributed by atoms with E-state index in [1.54, 1.807) is 6.20 Å². The summed E-state index contributed by atoms with van der Waals surface area (Å²) in [5.41, 5.74) is 0.858. The van der Waals surface area contributed by atoms with Crippen molar-refractivity contribution in [1.82, 2.24) is 15.0 Å². The number of alkyl halides is 1. The number of hydrogen-bond acceptors (Lipinski definition) is 2. The standard InChI is InChI=1S/C10H8BrF2N3/c1-6(11)9-5-16(15-14-9)10-3-2-7(12)4-8(10)13/h2-6H,1H3. The molecule has 0 amide bonds. The number of rotatable bonds is 2. The van der Waals surface area contributed by atoms with Crippen molar-refractivity contribution in [3.8, 4) is 5.69 Å². The summed E-state index contributed by atoms with van der Waals surface area (Å²) >= 11 is 3.33. The third-order valence-electron chi connectivity index (χ3n) is 2.08. The van der Waals surface area contributed by atoms with E-state index in [-0.39, 0.29) is 10.5 Å². The number of aromatic nitrogens is 3. The molecule has 0 fully saturated rings. The lowest BCUT2D eigenvalue weighted by molar-refractivity contribution is 0.572. The van der Waals surface area contributed by atoms with Gasteiger partial charge >= 0.3 is 0 Å². The molecular formula is C10H8BrF2N3. The van der Waals surface area contributed by atoms with E-state index in [0.717, 1.165) is 6.07 Å². The Balaban J connectivity index is 2.42. The van der Waals surface area contributed by atoms with Crippen LogP contribution in [0.1, 0.15) is 17.4 Å². The van der Waals surface area contributed by atoms with Gasteiger partial charge in [-0.3, -0.25) is 0 Å². The highest BCUT2D eigenvalue weighted by Gasteiger charge is 2.10. The van der Waals surface area contributed by atoms with Gasteiger partial charge in [-0.05, 0) is 19.1 Å². The van der Waals surface area contributed by atoms with E-state index in [9.17, 15) is 8.78 Å². The Morgan fingerprint density at radius 3 is 2.69 bits per heavy atom. The molecule has 2 rings (SSSR count). The van der Waals surface area contributed by atoms with Crippen LogP contribution in [0.4, 0.5) is 8.78 Å². The Morgan fingerprint density at radius 2 is 2.12 bits per heavy atom. The third kappa shape index (κ3) is 2.11. The molecule has 0 bridgehead atoms. The number of hydrogen-bond donors (Lipinski definition) is 0. The van der Waals surface area contributed by atoms with Crippen LogP contribution in [0.15, 0.2) is 24.4 Å². The molecule has 2 aromatic rings. The van der Waals surface area contributed by atoms with Crippen LogP contribution in [0.2, 0.25) is 0 Å². The lowest BCUT2D eigenvalue weighted by Gasteiger charge is -2.01. The normalized spacial score (nSPS) is 12.8. The van der Waals surface area contributed by atoms with Gasteiger partial charge in [-0.25, -0.2) is 13.5 Å². The van der Waals surface area contributed by atoms with E-state index in [4.69, 9.17) is 0 Å². The number of halogens is 3. The molecule has 6 heteroatoms. The molecule has 1 heterocycles.